The van der Waals surface area contributed by atoms with Gasteiger partial charge in [-0.25, -0.2) is 14.6 Å². The van der Waals surface area contributed by atoms with Crippen LogP contribution in [0.15, 0.2) is 36.8 Å². The number of alkyl halides is 3. The van der Waals surface area contributed by atoms with Crippen molar-refractivity contribution in [2.24, 2.45) is 0 Å². The number of hydrogen-bond acceptors (Lipinski definition) is 6. The molecule has 32 heavy (non-hydrogen) atoms. The van der Waals surface area contributed by atoms with E-state index < -0.39 is 16.8 Å². The minimum atomic E-state index is -4.63. The van der Waals surface area contributed by atoms with E-state index in [9.17, 15) is 23.3 Å². The molecule has 166 valence electrons. The van der Waals surface area contributed by atoms with Crippen LogP contribution in [0.4, 0.5) is 18.9 Å². The summed E-state index contributed by atoms with van der Waals surface area (Å²) in [4.78, 5) is 22.8. The van der Waals surface area contributed by atoms with Crippen LogP contribution in [0, 0.1) is 10.1 Å². The molecular weight excluding hydrogens is 451 g/mol. The predicted molar refractivity (Wildman–Crippen MR) is 109 cm³/mol. The number of nitro benzene ring substituents is 1. The Hall–Kier alpha value is -3.54. The zero-order chi connectivity index (χ0) is 23.2. The maximum absolute atomic E-state index is 13.2. The van der Waals surface area contributed by atoms with E-state index in [1.165, 1.54) is 39.8 Å². The second-order valence-electron chi connectivity index (χ2n) is 7.27. The van der Waals surface area contributed by atoms with Crippen molar-refractivity contribution in [2.75, 3.05) is 0 Å². The molecule has 0 saturated carbocycles. The number of imidazole rings is 1. The van der Waals surface area contributed by atoms with Crippen LogP contribution in [0.2, 0.25) is 5.28 Å². The van der Waals surface area contributed by atoms with Gasteiger partial charge >= 0.3 is 6.18 Å². The lowest BCUT2D eigenvalue weighted by Crippen LogP contribution is -2.07. The molecule has 0 aliphatic rings. The summed E-state index contributed by atoms with van der Waals surface area (Å²) in [6.07, 6.45) is -0.746. The molecule has 0 aliphatic carbocycles. The first-order valence-electron chi connectivity index (χ1n) is 9.32. The highest BCUT2D eigenvalue weighted by Gasteiger charge is 2.35. The van der Waals surface area contributed by atoms with Crippen molar-refractivity contribution in [3.8, 4) is 11.4 Å². The lowest BCUT2D eigenvalue weighted by Gasteiger charge is -2.12. The Morgan fingerprint density at radius 1 is 1.22 bits per heavy atom. The lowest BCUT2D eigenvalue weighted by atomic mass is 10.1. The molecule has 3 aromatic heterocycles. The van der Waals surface area contributed by atoms with Gasteiger partial charge in [0.25, 0.3) is 5.69 Å². The van der Waals surface area contributed by atoms with Crippen LogP contribution in [0.1, 0.15) is 31.1 Å². The second kappa shape index (κ2) is 7.86. The maximum Gasteiger partial charge on any atom is 0.434 e. The van der Waals surface area contributed by atoms with E-state index in [4.69, 9.17) is 11.6 Å². The van der Waals surface area contributed by atoms with Gasteiger partial charge in [-0.3, -0.25) is 10.1 Å². The molecule has 0 N–H and O–H groups in total. The molecular formula is C19H15ClF3N7O2. The largest absolute Gasteiger partial charge is 0.434 e. The summed E-state index contributed by atoms with van der Waals surface area (Å²) in [5.74, 6) is -0.00830. The summed E-state index contributed by atoms with van der Waals surface area (Å²) in [6.45, 7) is 3.40. The first kappa shape index (κ1) is 21.7. The number of halogens is 4. The van der Waals surface area contributed by atoms with Gasteiger partial charge in [-0.1, -0.05) is 6.07 Å². The molecule has 0 amide bonds. The molecule has 3 heterocycles. The number of fused-ring (bicyclic) bond motifs is 1. The number of aromatic nitrogens is 6. The molecule has 0 saturated heterocycles. The monoisotopic (exact) mass is 465 g/mol. The fourth-order valence-corrected chi connectivity index (χ4v) is 3.40. The quantitative estimate of drug-likeness (QED) is 0.236. The highest BCUT2D eigenvalue weighted by atomic mass is 35.5. The topological polar surface area (TPSA) is 105 Å². The molecule has 4 aromatic rings. The van der Waals surface area contributed by atoms with Crippen molar-refractivity contribution in [3.63, 3.8) is 0 Å². The molecule has 0 spiro atoms. The normalized spacial score (nSPS) is 12.1. The third-order valence-corrected chi connectivity index (χ3v) is 4.97. The maximum atomic E-state index is 13.2. The van der Waals surface area contributed by atoms with Crippen molar-refractivity contribution in [1.29, 1.82) is 0 Å². The van der Waals surface area contributed by atoms with Gasteiger partial charge in [0.1, 0.15) is 5.82 Å². The van der Waals surface area contributed by atoms with E-state index in [0.29, 0.717) is 11.0 Å². The van der Waals surface area contributed by atoms with Gasteiger partial charge in [0.15, 0.2) is 11.3 Å². The SMILES string of the molecule is CC(C)n1cc(C(F)(F)F)nc1-c1ccc(Cn2ncc3cnc(Cl)nc32)c([N+](=O)[O-])c1. The Balaban J connectivity index is 1.78. The number of rotatable bonds is 5. The molecule has 0 unspecified atom stereocenters. The third-order valence-electron chi connectivity index (χ3n) is 4.79. The molecule has 0 aliphatic heterocycles. The van der Waals surface area contributed by atoms with Crippen molar-refractivity contribution in [2.45, 2.75) is 32.6 Å². The van der Waals surface area contributed by atoms with Crippen molar-refractivity contribution < 1.29 is 18.1 Å². The van der Waals surface area contributed by atoms with Gasteiger partial charge in [-0.2, -0.15) is 23.3 Å². The summed E-state index contributed by atoms with van der Waals surface area (Å²) in [5.41, 5.74) is -0.461. The summed E-state index contributed by atoms with van der Waals surface area (Å²) in [5, 5.41) is 16.5. The van der Waals surface area contributed by atoms with Crippen LogP contribution in [0.3, 0.4) is 0 Å². The number of nitro groups is 1. The summed E-state index contributed by atoms with van der Waals surface area (Å²) in [7, 11) is 0. The second-order valence-corrected chi connectivity index (χ2v) is 7.61. The predicted octanol–water partition coefficient (Wildman–Crippen LogP) is 4.90. The van der Waals surface area contributed by atoms with Gasteiger partial charge in [0.05, 0.1) is 28.6 Å². The Labute approximate surface area is 183 Å². The van der Waals surface area contributed by atoms with E-state index in [2.05, 4.69) is 20.1 Å². The van der Waals surface area contributed by atoms with Gasteiger partial charge in [-0.15, -0.1) is 0 Å². The van der Waals surface area contributed by atoms with Crippen LogP contribution in [-0.2, 0) is 12.7 Å². The summed E-state index contributed by atoms with van der Waals surface area (Å²) >= 11 is 5.83. The lowest BCUT2D eigenvalue weighted by molar-refractivity contribution is -0.385. The number of nitrogens with zero attached hydrogens (tertiary/aromatic N) is 7. The molecule has 1 aromatic carbocycles. The highest BCUT2D eigenvalue weighted by molar-refractivity contribution is 6.28. The number of benzene rings is 1. The van der Waals surface area contributed by atoms with E-state index >= 15 is 0 Å². The van der Waals surface area contributed by atoms with E-state index in [1.807, 2.05) is 0 Å². The van der Waals surface area contributed by atoms with E-state index in [1.54, 1.807) is 13.8 Å². The minimum Gasteiger partial charge on any atom is -0.328 e. The average Bonchev–Trinajstić information content (AvgIpc) is 3.33. The molecule has 0 bridgehead atoms. The summed E-state index contributed by atoms with van der Waals surface area (Å²) < 4.78 is 42.3. The Morgan fingerprint density at radius 3 is 2.62 bits per heavy atom. The van der Waals surface area contributed by atoms with Crippen molar-refractivity contribution in [3.05, 3.63) is 63.4 Å². The van der Waals surface area contributed by atoms with Gasteiger partial charge in [0, 0.05) is 30.1 Å². The van der Waals surface area contributed by atoms with Gasteiger partial charge < -0.3 is 4.57 Å². The highest BCUT2D eigenvalue weighted by Crippen LogP contribution is 2.34. The van der Waals surface area contributed by atoms with Crippen molar-refractivity contribution >= 4 is 28.3 Å². The van der Waals surface area contributed by atoms with Crippen LogP contribution in [0.5, 0.6) is 0 Å². The molecule has 4 rings (SSSR count). The Morgan fingerprint density at radius 2 is 1.97 bits per heavy atom. The van der Waals surface area contributed by atoms with Crippen LogP contribution >= 0.6 is 11.6 Å². The molecule has 9 nitrogen and oxygen atoms in total. The zero-order valence-electron chi connectivity index (χ0n) is 16.7. The van der Waals surface area contributed by atoms with Crippen LogP contribution in [-0.4, -0.2) is 34.2 Å². The zero-order valence-corrected chi connectivity index (χ0v) is 17.5. The van der Waals surface area contributed by atoms with E-state index in [0.717, 1.165) is 6.20 Å². The Kier molecular flexibility index (Phi) is 5.33. The van der Waals surface area contributed by atoms with Crippen LogP contribution in [0.25, 0.3) is 22.4 Å². The first-order valence-corrected chi connectivity index (χ1v) is 9.70. The molecule has 0 atom stereocenters. The Bertz CT molecular complexity index is 1330. The summed E-state index contributed by atoms with van der Waals surface area (Å²) in [6, 6.07) is 3.84. The fourth-order valence-electron chi connectivity index (χ4n) is 3.27. The van der Waals surface area contributed by atoms with Crippen molar-refractivity contribution in [1.82, 2.24) is 29.3 Å². The van der Waals surface area contributed by atoms with E-state index in [-0.39, 0.29) is 40.5 Å². The van der Waals surface area contributed by atoms with Crippen LogP contribution < -0.4 is 0 Å². The molecule has 13 heteroatoms. The molecule has 0 radical (unpaired) electrons. The average molecular weight is 466 g/mol. The smallest absolute Gasteiger partial charge is 0.328 e. The standard InChI is InChI=1S/C19H15ClF3N7O2/c1-10(2)28-9-15(19(21,22)23)26-16(28)11-3-4-12(14(5-11)30(31)32)8-29-17-13(7-25-29)6-24-18(20)27-17/h3-7,9-10H,8H2,1-2H3. The molecule has 0 fully saturated rings. The third kappa shape index (κ3) is 4.00. The fraction of sp³-hybridized carbons (Fsp3) is 0.263. The first-order chi connectivity index (χ1) is 15.0. The van der Waals surface area contributed by atoms with Gasteiger partial charge in [0.2, 0.25) is 5.28 Å². The van der Waals surface area contributed by atoms with Gasteiger partial charge in [-0.05, 0) is 31.5 Å². The minimum absolute atomic E-state index is 0.000141. The number of hydrogen-bond donors (Lipinski definition) is 0.